The van der Waals surface area contributed by atoms with Crippen LogP contribution in [-0.4, -0.2) is 18.5 Å². The van der Waals surface area contributed by atoms with Crippen molar-refractivity contribution in [2.24, 2.45) is 0 Å². The van der Waals surface area contributed by atoms with Crippen LogP contribution >= 0.6 is 11.8 Å². The minimum absolute atomic E-state index is 0.0451. The van der Waals surface area contributed by atoms with E-state index in [1.165, 1.54) is 0 Å². The summed E-state index contributed by atoms with van der Waals surface area (Å²) in [5, 5.41) is 0. The summed E-state index contributed by atoms with van der Waals surface area (Å²) in [6.45, 7) is 4.20. The van der Waals surface area contributed by atoms with Crippen LogP contribution in [0.4, 0.5) is 5.69 Å². The molecule has 0 atom stereocenters. The highest BCUT2D eigenvalue weighted by Crippen LogP contribution is 2.27. The Balaban J connectivity index is 2.42. The van der Waals surface area contributed by atoms with Crippen LogP contribution in [0.15, 0.2) is 29.2 Å². The summed E-state index contributed by atoms with van der Waals surface area (Å²) in [7, 11) is 1.75. The van der Waals surface area contributed by atoms with Crippen molar-refractivity contribution >= 4 is 17.4 Å². The molecule has 15 heavy (non-hydrogen) atoms. The standard InChI is InChI=1S/C12H19NOS/c1-12(2,14-3)8-9-15-11-7-5-4-6-10(11)13/h4-7H,8-9,13H2,1-3H3. The number of benzene rings is 1. The lowest BCUT2D eigenvalue weighted by molar-refractivity contribution is 0.0207. The van der Waals surface area contributed by atoms with E-state index in [0.717, 1.165) is 22.8 Å². The zero-order chi connectivity index (χ0) is 11.3. The number of hydrogen-bond acceptors (Lipinski definition) is 3. The summed E-state index contributed by atoms with van der Waals surface area (Å²) in [5.74, 6) is 1.02. The molecule has 1 rings (SSSR count). The van der Waals surface area contributed by atoms with Crippen molar-refractivity contribution in [3.63, 3.8) is 0 Å². The summed E-state index contributed by atoms with van der Waals surface area (Å²) in [5.41, 5.74) is 6.66. The molecule has 0 bridgehead atoms. The maximum absolute atomic E-state index is 5.85. The molecule has 0 aromatic heterocycles. The first-order chi connectivity index (χ1) is 7.05. The van der Waals surface area contributed by atoms with Gasteiger partial charge in [-0.3, -0.25) is 0 Å². The Labute approximate surface area is 96.2 Å². The number of para-hydroxylation sites is 1. The van der Waals surface area contributed by atoms with Crippen LogP contribution in [-0.2, 0) is 4.74 Å². The van der Waals surface area contributed by atoms with E-state index < -0.39 is 0 Å². The van der Waals surface area contributed by atoms with Gasteiger partial charge in [0.15, 0.2) is 0 Å². The molecule has 2 N–H and O–H groups in total. The predicted molar refractivity (Wildman–Crippen MR) is 67.3 cm³/mol. The van der Waals surface area contributed by atoms with Gasteiger partial charge < -0.3 is 10.5 Å². The third kappa shape index (κ3) is 4.14. The van der Waals surface area contributed by atoms with E-state index >= 15 is 0 Å². The van der Waals surface area contributed by atoms with Gasteiger partial charge in [0.05, 0.1) is 5.60 Å². The van der Waals surface area contributed by atoms with Gasteiger partial charge in [-0.1, -0.05) is 12.1 Å². The highest BCUT2D eigenvalue weighted by molar-refractivity contribution is 7.99. The summed E-state index contributed by atoms with van der Waals surface area (Å²) in [4.78, 5) is 1.16. The molecule has 1 aromatic rings. The number of methoxy groups -OCH3 is 1. The molecular formula is C12H19NOS. The van der Waals surface area contributed by atoms with Crippen LogP contribution < -0.4 is 5.73 Å². The van der Waals surface area contributed by atoms with Crippen molar-refractivity contribution in [2.75, 3.05) is 18.6 Å². The van der Waals surface area contributed by atoms with Gasteiger partial charge >= 0.3 is 0 Å². The molecule has 0 amide bonds. The molecule has 0 spiro atoms. The quantitative estimate of drug-likeness (QED) is 0.617. The smallest absolute Gasteiger partial charge is 0.0630 e. The fraction of sp³-hybridized carbons (Fsp3) is 0.500. The second-order valence-electron chi connectivity index (χ2n) is 4.10. The predicted octanol–water partition coefficient (Wildman–Crippen LogP) is 3.18. The lowest BCUT2D eigenvalue weighted by Crippen LogP contribution is -2.22. The van der Waals surface area contributed by atoms with E-state index in [1.807, 2.05) is 18.2 Å². The van der Waals surface area contributed by atoms with Crippen LogP contribution in [0.25, 0.3) is 0 Å². The van der Waals surface area contributed by atoms with E-state index in [1.54, 1.807) is 18.9 Å². The zero-order valence-corrected chi connectivity index (χ0v) is 10.4. The third-order valence-corrected chi connectivity index (χ3v) is 3.52. The normalized spacial score (nSPS) is 11.7. The molecule has 0 radical (unpaired) electrons. The van der Waals surface area contributed by atoms with E-state index in [0.29, 0.717) is 0 Å². The van der Waals surface area contributed by atoms with Crippen molar-refractivity contribution < 1.29 is 4.74 Å². The maximum Gasteiger partial charge on any atom is 0.0630 e. The Morgan fingerprint density at radius 2 is 2.00 bits per heavy atom. The lowest BCUT2D eigenvalue weighted by Gasteiger charge is -2.22. The van der Waals surface area contributed by atoms with Crippen LogP contribution in [0.2, 0.25) is 0 Å². The Hall–Kier alpha value is -0.670. The van der Waals surface area contributed by atoms with Crippen molar-refractivity contribution in [3.8, 4) is 0 Å². The molecule has 1 aromatic carbocycles. The molecule has 0 saturated carbocycles. The fourth-order valence-corrected chi connectivity index (χ4v) is 2.34. The average molecular weight is 225 g/mol. The van der Waals surface area contributed by atoms with Crippen molar-refractivity contribution in [2.45, 2.75) is 30.8 Å². The molecule has 0 aliphatic carbocycles. The van der Waals surface area contributed by atoms with Crippen molar-refractivity contribution in [3.05, 3.63) is 24.3 Å². The molecule has 0 aliphatic heterocycles. The highest BCUT2D eigenvalue weighted by atomic mass is 32.2. The molecule has 2 nitrogen and oxygen atoms in total. The summed E-state index contributed by atoms with van der Waals surface area (Å²) in [6, 6.07) is 7.96. The number of hydrogen-bond donors (Lipinski definition) is 1. The molecule has 84 valence electrons. The van der Waals surface area contributed by atoms with Gasteiger partial charge in [-0.2, -0.15) is 0 Å². The topological polar surface area (TPSA) is 35.2 Å². The second-order valence-corrected chi connectivity index (χ2v) is 5.24. The van der Waals surface area contributed by atoms with Crippen LogP contribution in [0, 0.1) is 0 Å². The molecule has 3 heteroatoms. The van der Waals surface area contributed by atoms with Gasteiger partial charge in [-0.25, -0.2) is 0 Å². The summed E-state index contributed by atoms with van der Waals surface area (Å²) < 4.78 is 5.36. The van der Waals surface area contributed by atoms with Crippen LogP contribution in [0.5, 0.6) is 0 Å². The van der Waals surface area contributed by atoms with E-state index in [9.17, 15) is 0 Å². The number of nitrogens with two attached hydrogens (primary N) is 1. The Kier molecular flexibility index (Phi) is 4.48. The molecule has 0 unspecified atom stereocenters. The minimum atomic E-state index is -0.0451. The molecule has 0 saturated heterocycles. The number of anilines is 1. The van der Waals surface area contributed by atoms with E-state index in [2.05, 4.69) is 19.9 Å². The first kappa shape index (κ1) is 12.4. The SMILES string of the molecule is COC(C)(C)CCSc1ccccc1N. The Bertz CT molecular complexity index is 312. The zero-order valence-electron chi connectivity index (χ0n) is 9.62. The maximum atomic E-state index is 5.85. The number of ether oxygens (including phenoxy) is 1. The molecule has 0 fully saturated rings. The number of rotatable bonds is 5. The third-order valence-electron chi connectivity index (χ3n) is 2.43. The molecule has 0 heterocycles. The van der Waals surface area contributed by atoms with E-state index in [-0.39, 0.29) is 5.60 Å². The lowest BCUT2D eigenvalue weighted by atomic mass is 10.1. The number of nitrogen functional groups attached to an aromatic ring is 1. The fourth-order valence-electron chi connectivity index (χ4n) is 1.12. The first-order valence-corrected chi connectivity index (χ1v) is 6.06. The van der Waals surface area contributed by atoms with Gasteiger partial charge in [-0.15, -0.1) is 11.8 Å². The van der Waals surface area contributed by atoms with Crippen molar-refractivity contribution in [1.29, 1.82) is 0 Å². The average Bonchev–Trinajstić information content (AvgIpc) is 2.21. The molecular weight excluding hydrogens is 206 g/mol. The van der Waals surface area contributed by atoms with E-state index in [4.69, 9.17) is 10.5 Å². The van der Waals surface area contributed by atoms with Crippen LogP contribution in [0.1, 0.15) is 20.3 Å². The largest absolute Gasteiger partial charge is 0.398 e. The Morgan fingerprint density at radius 3 is 2.60 bits per heavy atom. The van der Waals surface area contributed by atoms with Crippen molar-refractivity contribution in [1.82, 2.24) is 0 Å². The number of thioether (sulfide) groups is 1. The monoisotopic (exact) mass is 225 g/mol. The summed E-state index contributed by atoms with van der Waals surface area (Å²) in [6.07, 6.45) is 1.02. The van der Waals surface area contributed by atoms with Crippen LogP contribution in [0.3, 0.4) is 0 Å². The first-order valence-electron chi connectivity index (χ1n) is 5.07. The van der Waals surface area contributed by atoms with Gasteiger partial charge in [0.1, 0.15) is 0 Å². The Morgan fingerprint density at radius 1 is 1.33 bits per heavy atom. The second kappa shape index (κ2) is 5.42. The van der Waals surface area contributed by atoms with Gasteiger partial charge in [0, 0.05) is 23.4 Å². The molecule has 0 aliphatic rings. The minimum Gasteiger partial charge on any atom is -0.398 e. The summed E-state index contributed by atoms with van der Waals surface area (Å²) >= 11 is 1.78. The van der Waals surface area contributed by atoms with Gasteiger partial charge in [0.2, 0.25) is 0 Å². The highest BCUT2D eigenvalue weighted by Gasteiger charge is 2.15. The van der Waals surface area contributed by atoms with Gasteiger partial charge in [0.25, 0.3) is 0 Å². The van der Waals surface area contributed by atoms with Gasteiger partial charge in [-0.05, 0) is 32.4 Å².